The quantitative estimate of drug-likeness (QED) is 0.628. The molecule has 1 unspecified atom stereocenters. The minimum absolute atomic E-state index is 0.0749. The maximum absolute atomic E-state index is 11.9. The molecule has 0 saturated heterocycles. The topological polar surface area (TPSA) is 66.8 Å². The molecule has 0 aliphatic carbocycles. The van der Waals surface area contributed by atoms with Gasteiger partial charge in [-0.1, -0.05) is 60.7 Å². The fourth-order valence-electron chi connectivity index (χ4n) is 2.07. The van der Waals surface area contributed by atoms with E-state index in [2.05, 4.69) is 0 Å². The van der Waals surface area contributed by atoms with E-state index >= 15 is 0 Å². The smallest absolute Gasteiger partial charge is 0.460 e. The van der Waals surface area contributed by atoms with Gasteiger partial charge < -0.3 is 14.8 Å². The van der Waals surface area contributed by atoms with Crippen molar-refractivity contribution in [2.75, 3.05) is 0 Å². The van der Waals surface area contributed by atoms with Crippen molar-refractivity contribution in [1.82, 2.24) is 0 Å². The van der Waals surface area contributed by atoms with E-state index in [-0.39, 0.29) is 13.0 Å². The molecule has 0 aromatic heterocycles. The number of benzene rings is 2. The van der Waals surface area contributed by atoms with Crippen molar-refractivity contribution in [2.45, 2.75) is 18.8 Å². The van der Waals surface area contributed by atoms with Gasteiger partial charge >= 0.3 is 13.1 Å². The molecule has 0 aliphatic rings. The summed E-state index contributed by atoms with van der Waals surface area (Å²) in [5, 5.41) is 18.9. The molecular formula is C16H17BO4. The standard InChI is InChI=1S/C16H17BO4/c18-16(21-12-13-7-3-1-4-8-13)11-15(17(19)20)14-9-5-2-6-10-14/h1-10,15,19-20H,11-12H2. The number of rotatable bonds is 6. The highest BCUT2D eigenvalue weighted by atomic mass is 16.5. The Bertz CT molecular complexity index is 557. The van der Waals surface area contributed by atoms with Gasteiger partial charge in [0.25, 0.3) is 0 Å². The minimum atomic E-state index is -1.60. The molecule has 21 heavy (non-hydrogen) atoms. The van der Waals surface area contributed by atoms with Crippen LogP contribution in [0.2, 0.25) is 0 Å². The van der Waals surface area contributed by atoms with Gasteiger partial charge in [0, 0.05) is 5.82 Å². The van der Waals surface area contributed by atoms with Crippen molar-refractivity contribution in [2.24, 2.45) is 0 Å². The third-order valence-corrected chi connectivity index (χ3v) is 3.22. The normalized spacial score (nSPS) is 11.7. The number of carbonyl (C=O) groups is 1. The molecule has 108 valence electrons. The zero-order valence-corrected chi connectivity index (χ0v) is 11.6. The highest BCUT2D eigenvalue weighted by Gasteiger charge is 2.28. The second-order valence-electron chi connectivity index (χ2n) is 4.78. The zero-order chi connectivity index (χ0) is 15.1. The van der Waals surface area contributed by atoms with Crippen LogP contribution in [0, 0.1) is 0 Å². The van der Waals surface area contributed by atoms with E-state index in [0.717, 1.165) is 5.56 Å². The molecule has 0 saturated carbocycles. The van der Waals surface area contributed by atoms with E-state index in [0.29, 0.717) is 5.56 Å². The van der Waals surface area contributed by atoms with Crippen molar-refractivity contribution in [3.05, 3.63) is 71.8 Å². The van der Waals surface area contributed by atoms with E-state index < -0.39 is 18.9 Å². The monoisotopic (exact) mass is 284 g/mol. The van der Waals surface area contributed by atoms with Crippen LogP contribution in [0.4, 0.5) is 0 Å². The molecule has 2 aromatic carbocycles. The van der Waals surface area contributed by atoms with Crippen LogP contribution < -0.4 is 0 Å². The van der Waals surface area contributed by atoms with Gasteiger partial charge in [0.1, 0.15) is 6.61 Å². The summed E-state index contributed by atoms with van der Waals surface area (Å²) in [5.74, 6) is -1.14. The summed E-state index contributed by atoms with van der Waals surface area (Å²) >= 11 is 0. The summed E-state index contributed by atoms with van der Waals surface area (Å²) in [7, 11) is -1.60. The second-order valence-corrected chi connectivity index (χ2v) is 4.78. The summed E-state index contributed by atoms with van der Waals surface area (Å²) in [5.41, 5.74) is 1.59. The molecule has 2 rings (SSSR count). The van der Waals surface area contributed by atoms with E-state index in [1.165, 1.54) is 0 Å². The summed E-state index contributed by atoms with van der Waals surface area (Å²) in [4.78, 5) is 11.9. The van der Waals surface area contributed by atoms with Crippen LogP contribution in [0.15, 0.2) is 60.7 Å². The van der Waals surface area contributed by atoms with Gasteiger partial charge in [-0.25, -0.2) is 0 Å². The van der Waals surface area contributed by atoms with E-state index in [9.17, 15) is 14.8 Å². The number of esters is 1. The first kappa shape index (κ1) is 15.3. The third kappa shape index (κ3) is 4.74. The van der Waals surface area contributed by atoms with Crippen LogP contribution in [0.25, 0.3) is 0 Å². The number of hydrogen-bond donors (Lipinski definition) is 2. The summed E-state index contributed by atoms with van der Waals surface area (Å²) in [6.07, 6.45) is -0.0749. The Labute approximate surface area is 124 Å². The maximum atomic E-state index is 11.9. The number of ether oxygens (including phenoxy) is 1. The van der Waals surface area contributed by atoms with Gasteiger partial charge in [-0.3, -0.25) is 4.79 Å². The van der Waals surface area contributed by atoms with Crippen LogP contribution in [0.1, 0.15) is 23.4 Å². The van der Waals surface area contributed by atoms with Crippen molar-refractivity contribution < 1.29 is 19.6 Å². The van der Waals surface area contributed by atoms with Gasteiger partial charge in [0.2, 0.25) is 0 Å². The molecule has 1 atom stereocenters. The lowest BCUT2D eigenvalue weighted by molar-refractivity contribution is -0.145. The minimum Gasteiger partial charge on any atom is -0.461 e. The van der Waals surface area contributed by atoms with Crippen LogP contribution in [0.3, 0.4) is 0 Å². The van der Waals surface area contributed by atoms with Gasteiger partial charge in [-0.05, 0) is 11.1 Å². The Morgan fingerprint density at radius 1 is 1.00 bits per heavy atom. The lowest BCUT2D eigenvalue weighted by Crippen LogP contribution is -2.26. The van der Waals surface area contributed by atoms with Crippen molar-refractivity contribution in [3.8, 4) is 0 Å². The molecule has 0 heterocycles. The molecule has 0 radical (unpaired) electrons. The van der Waals surface area contributed by atoms with Crippen molar-refractivity contribution in [1.29, 1.82) is 0 Å². The predicted octanol–water partition coefficient (Wildman–Crippen LogP) is 1.92. The Morgan fingerprint density at radius 2 is 1.57 bits per heavy atom. The van der Waals surface area contributed by atoms with Crippen LogP contribution in [-0.2, 0) is 16.1 Å². The Kier molecular flexibility index (Phi) is 5.55. The second kappa shape index (κ2) is 7.62. The van der Waals surface area contributed by atoms with Gasteiger partial charge in [0.15, 0.2) is 0 Å². The molecule has 2 N–H and O–H groups in total. The third-order valence-electron chi connectivity index (χ3n) is 3.22. The molecule has 0 spiro atoms. The Balaban J connectivity index is 1.93. The molecule has 0 amide bonds. The first-order valence-corrected chi connectivity index (χ1v) is 6.77. The number of hydrogen-bond acceptors (Lipinski definition) is 4. The van der Waals surface area contributed by atoms with Gasteiger partial charge in [-0.2, -0.15) is 0 Å². The predicted molar refractivity (Wildman–Crippen MR) is 80.2 cm³/mol. The average Bonchev–Trinajstić information content (AvgIpc) is 2.52. The molecular weight excluding hydrogens is 267 g/mol. The first-order valence-electron chi connectivity index (χ1n) is 6.77. The highest BCUT2D eigenvalue weighted by Crippen LogP contribution is 2.21. The molecule has 4 nitrogen and oxygen atoms in total. The Hall–Kier alpha value is -2.11. The molecule has 0 bridgehead atoms. The molecule has 0 aliphatic heterocycles. The average molecular weight is 284 g/mol. The molecule has 0 fully saturated rings. The maximum Gasteiger partial charge on any atom is 0.460 e. The van der Waals surface area contributed by atoms with Gasteiger partial charge in [-0.15, -0.1) is 0 Å². The van der Waals surface area contributed by atoms with Crippen LogP contribution in [0.5, 0.6) is 0 Å². The lowest BCUT2D eigenvalue weighted by atomic mass is 9.67. The largest absolute Gasteiger partial charge is 0.461 e. The lowest BCUT2D eigenvalue weighted by Gasteiger charge is -2.15. The summed E-state index contributed by atoms with van der Waals surface area (Å²) < 4.78 is 5.17. The van der Waals surface area contributed by atoms with Crippen molar-refractivity contribution >= 4 is 13.1 Å². The highest BCUT2D eigenvalue weighted by molar-refractivity contribution is 6.43. The van der Waals surface area contributed by atoms with Crippen molar-refractivity contribution in [3.63, 3.8) is 0 Å². The molecule has 2 aromatic rings. The number of carbonyl (C=O) groups excluding carboxylic acids is 1. The zero-order valence-electron chi connectivity index (χ0n) is 11.6. The van der Waals surface area contributed by atoms with E-state index in [1.54, 1.807) is 24.3 Å². The first-order chi connectivity index (χ1) is 10.2. The molecule has 5 heteroatoms. The Morgan fingerprint density at radius 3 is 2.14 bits per heavy atom. The van der Waals surface area contributed by atoms with E-state index in [1.807, 2.05) is 36.4 Å². The SMILES string of the molecule is O=C(CC(B(O)O)c1ccccc1)OCc1ccccc1. The van der Waals surface area contributed by atoms with Crippen LogP contribution in [-0.4, -0.2) is 23.1 Å². The summed E-state index contributed by atoms with van der Waals surface area (Å²) in [6.45, 7) is 0.183. The fourth-order valence-corrected chi connectivity index (χ4v) is 2.07. The fraction of sp³-hybridized carbons (Fsp3) is 0.188. The van der Waals surface area contributed by atoms with Gasteiger partial charge in [0.05, 0.1) is 6.42 Å². The van der Waals surface area contributed by atoms with Crippen LogP contribution >= 0.6 is 0 Å². The summed E-state index contributed by atoms with van der Waals surface area (Å²) in [6, 6.07) is 18.3. The van der Waals surface area contributed by atoms with E-state index in [4.69, 9.17) is 4.74 Å².